The molecule has 0 N–H and O–H groups in total. The number of amides is 1. The summed E-state index contributed by atoms with van der Waals surface area (Å²) in [7, 11) is 0. The van der Waals surface area contributed by atoms with Gasteiger partial charge in [0.1, 0.15) is 18.1 Å². The maximum atomic E-state index is 12.8. The normalized spacial score (nSPS) is 15.4. The standard InChI is InChI=1S/C20H26N2O3/c1-13-5-7-22(8-6-13)20(23)19-18(16(4)25-21-19)12-24-17-10-14(2)9-15(3)11-17/h9-11,13H,5-8,12H2,1-4H3. The van der Waals surface area contributed by atoms with Crippen LogP contribution in [0.4, 0.5) is 0 Å². The summed E-state index contributed by atoms with van der Waals surface area (Å²) in [6, 6.07) is 6.08. The fraction of sp³-hybridized carbons (Fsp3) is 0.500. The van der Waals surface area contributed by atoms with Crippen molar-refractivity contribution < 1.29 is 14.1 Å². The molecular formula is C20H26N2O3. The number of piperidine rings is 1. The molecule has 1 saturated heterocycles. The van der Waals surface area contributed by atoms with E-state index < -0.39 is 0 Å². The summed E-state index contributed by atoms with van der Waals surface area (Å²) in [5.41, 5.74) is 3.42. The molecule has 5 nitrogen and oxygen atoms in total. The summed E-state index contributed by atoms with van der Waals surface area (Å²) in [4.78, 5) is 14.7. The molecule has 134 valence electrons. The molecule has 25 heavy (non-hydrogen) atoms. The molecule has 0 spiro atoms. The van der Waals surface area contributed by atoms with Crippen molar-refractivity contribution in [3.8, 4) is 5.75 Å². The Bertz CT molecular complexity index is 738. The Labute approximate surface area is 148 Å². The number of aromatic nitrogens is 1. The Hall–Kier alpha value is -2.30. The molecule has 0 radical (unpaired) electrons. The molecule has 2 heterocycles. The molecule has 0 saturated carbocycles. The van der Waals surface area contributed by atoms with E-state index in [1.165, 1.54) is 0 Å². The summed E-state index contributed by atoms with van der Waals surface area (Å²) in [6.45, 7) is 9.97. The van der Waals surface area contributed by atoms with Gasteiger partial charge in [0, 0.05) is 13.1 Å². The van der Waals surface area contributed by atoms with Crippen molar-refractivity contribution in [2.75, 3.05) is 13.1 Å². The average Bonchev–Trinajstić information content (AvgIpc) is 2.93. The van der Waals surface area contributed by atoms with Gasteiger partial charge >= 0.3 is 0 Å². The molecule has 0 aliphatic carbocycles. The number of benzene rings is 1. The average molecular weight is 342 g/mol. The second-order valence-electron chi connectivity index (χ2n) is 7.15. The van der Waals surface area contributed by atoms with E-state index in [1.807, 2.05) is 37.8 Å². The van der Waals surface area contributed by atoms with Gasteiger partial charge in [-0.05, 0) is 62.8 Å². The van der Waals surface area contributed by atoms with Crippen LogP contribution in [0, 0.1) is 26.7 Å². The zero-order valence-corrected chi connectivity index (χ0v) is 15.5. The third kappa shape index (κ3) is 4.03. The minimum absolute atomic E-state index is 0.0530. The van der Waals surface area contributed by atoms with Crippen LogP contribution in [-0.2, 0) is 6.61 Å². The summed E-state index contributed by atoms with van der Waals surface area (Å²) < 4.78 is 11.2. The Morgan fingerprint density at radius 1 is 1.20 bits per heavy atom. The molecule has 2 aromatic rings. The maximum absolute atomic E-state index is 12.8. The van der Waals surface area contributed by atoms with Crippen molar-refractivity contribution in [1.29, 1.82) is 0 Å². The largest absolute Gasteiger partial charge is 0.489 e. The van der Waals surface area contributed by atoms with Crippen molar-refractivity contribution in [2.45, 2.75) is 47.1 Å². The van der Waals surface area contributed by atoms with Gasteiger partial charge in [-0.15, -0.1) is 0 Å². The van der Waals surface area contributed by atoms with Gasteiger partial charge in [-0.3, -0.25) is 4.79 Å². The number of nitrogens with zero attached hydrogens (tertiary/aromatic N) is 2. The lowest BCUT2D eigenvalue weighted by Gasteiger charge is -2.29. The zero-order chi connectivity index (χ0) is 18.0. The number of aryl methyl sites for hydroxylation is 3. The second-order valence-corrected chi connectivity index (χ2v) is 7.15. The highest BCUT2D eigenvalue weighted by atomic mass is 16.5. The summed E-state index contributed by atoms with van der Waals surface area (Å²) in [5.74, 6) is 2.06. The lowest BCUT2D eigenvalue weighted by molar-refractivity contribution is 0.0684. The summed E-state index contributed by atoms with van der Waals surface area (Å²) in [6.07, 6.45) is 2.08. The minimum Gasteiger partial charge on any atom is -0.489 e. The molecule has 1 aliphatic heterocycles. The summed E-state index contributed by atoms with van der Waals surface area (Å²) in [5, 5.41) is 4.01. The van der Waals surface area contributed by atoms with Crippen LogP contribution in [0.15, 0.2) is 22.7 Å². The Morgan fingerprint density at radius 3 is 2.48 bits per heavy atom. The molecule has 1 fully saturated rings. The first-order valence-corrected chi connectivity index (χ1v) is 8.89. The van der Waals surface area contributed by atoms with E-state index in [9.17, 15) is 4.79 Å². The SMILES string of the molecule is Cc1cc(C)cc(OCc2c(C(=O)N3CCC(C)CC3)noc2C)c1. The number of rotatable bonds is 4. The van der Waals surface area contributed by atoms with E-state index in [2.05, 4.69) is 18.1 Å². The summed E-state index contributed by atoms with van der Waals surface area (Å²) >= 11 is 0. The molecule has 1 aromatic carbocycles. The third-order valence-electron chi connectivity index (χ3n) is 4.84. The van der Waals surface area contributed by atoms with Crippen LogP contribution in [0.25, 0.3) is 0 Å². The number of ether oxygens (including phenoxy) is 1. The van der Waals surface area contributed by atoms with Gasteiger partial charge in [-0.25, -0.2) is 0 Å². The molecule has 0 atom stereocenters. The first kappa shape index (κ1) is 17.5. The predicted octanol–water partition coefficient (Wildman–Crippen LogP) is 4.05. The van der Waals surface area contributed by atoms with Gasteiger partial charge in [0.25, 0.3) is 5.91 Å². The molecule has 1 aromatic heterocycles. The fourth-order valence-electron chi connectivity index (χ4n) is 3.26. The first-order valence-electron chi connectivity index (χ1n) is 8.89. The van der Waals surface area contributed by atoms with Crippen molar-refractivity contribution in [1.82, 2.24) is 10.1 Å². The van der Waals surface area contributed by atoms with Crippen molar-refractivity contribution in [3.05, 3.63) is 46.3 Å². The number of likely N-dealkylation sites (tertiary alicyclic amines) is 1. The fourth-order valence-corrected chi connectivity index (χ4v) is 3.26. The second kappa shape index (κ2) is 7.30. The molecule has 5 heteroatoms. The van der Waals surface area contributed by atoms with Crippen molar-refractivity contribution >= 4 is 5.91 Å². The van der Waals surface area contributed by atoms with Crippen molar-refractivity contribution in [2.24, 2.45) is 5.92 Å². The minimum atomic E-state index is -0.0530. The third-order valence-corrected chi connectivity index (χ3v) is 4.84. The lowest BCUT2D eigenvalue weighted by atomic mass is 9.99. The zero-order valence-electron chi connectivity index (χ0n) is 15.5. The Balaban J connectivity index is 1.74. The van der Waals surface area contributed by atoms with Gasteiger partial charge in [0.2, 0.25) is 0 Å². The molecule has 0 bridgehead atoms. The number of carbonyl (C=O) groups is 1. The highest BCUT2D eigenvalue weighted by Gasteiger charge is 2.27. The van der Waals surface area contributed by atoms with Crippen LogP contribution < -0.4 is 4.74 Å². The highest BCUT2D eigenvalue weighted by molar-refractivity contribution is 5.93. The number of hydrogen-bond acceptors (Lipinski definition) is 4. The monoisotopic (exact) mass is 342 g/mol. The van der Waals surface area contributed by atoms with Crippen molar-refractivity contribution in [3.63, 3.8) is 0 Å². The van der Waals surface area contributed by atoms with E-state index in [0.29, 0.717) is 17.4 Å². The van der Waals surface area contributed by atoms with Gasteiger partial charge in [-0.1, -0.05) is 18.1 Å². The van der Waals surface area contributed by atoms with Gasteiger partial charge in [0.05, 0.1) is 5.56 Å². The molecule has 1 aliphatic rings. The van der Waals surface area contributed by atoms with E-state index in [1.54, 1.807) is 0 Å². The molecule has 3 rings (SSSR count). The maximum Gasteiger partial charge on any atom is 0.276 e. The van der Waals surface area contributed by atoms with Crippen LogP contribution in [0.3, 0.4) is 0 Å². The van der Waals surface area contributed by atoms with E-state index >= 15 is 0 Å². The van der Waals surface area contributed by atoms with Crippen LogP contribution in [0.2, 0.25) is 0 Å². The number of hydrogen-bond donors (Lipinski definition) is 0. The van der Waals surface area contributed by atoms with Gasteiger partial charge in [-0.2, -0.15) is 0 Å². The van der Waals surface area contributed by atoms with Crippen LogP contribution in [0.1, 0.15) is 52.7 Å². The van der Waals surface area contributed by atoms with Crippen LogP contribution >= 0.6 is 0 Å². The van der Waals surface area contributed by atoms with Gasteiger partial charge < -0.3 is 14.2 Å². The van der Waals surface area contributed by atoms with E-state index in [-0.39, 0.29) is 12.5 Å². The topological polar surface area (TPSA) is 55.6 Å². The first-order chi connectivity index (χ1) is 11.9. The van der Waals surface area contributed by atoms with Crippen LogP contribution in [-0.4, -0.2) is 29.1 Å². The van der Waals surface area contributed by atoms with E-state index in [4.69, 9.17) is 9.26 Å². The lowest BCUT2D eigenvalue weighted by Crippen LogP contribution is -2.38. The smallest absolute Gasteiger partial charge is 0.276 e. The Morgan fingerprint density at radius 2 is 1.84 bits per heavy atom. The van der Waals surface area contributed by atoms with E-state index in [0.717, 1.165) is 48.4 Å². The molecule has 0 unspecified atom stereocenters. The quantitative estimate of drug-likeness (QED) is 0.841. The van der Waals surface area contributed by atoms with Crippen LogP contribution in [0.5, 0.6) is 5.75 Å². The van der Waals surface area contributed by atoms with Gasteiger partial charge in [0.15, 0.2) is 5.69 Å². The number of carbonyl (C=O) groups excluding carboxylic acids is 1. The Kier molecular flexibility index (Phi) is 5.11. The highest BCUT2D eigenvalue weighted by Crippen LogP contribution is 2.23. The predicted molar refractivity (Wildman–Crippen MR) is 95.8 cm³/mol. The molecule has 1 amide bonds. The molecular weight excluding hydrogens is 316 g/mol.